The second-order valence-corrected chi connectivity index (χ2v) is 6.56. The number of ether oxygens (including phenoxy) is 1. The zero-order chi connectivity index (χ0) is 13.1. The van der Waals surface area contributed by atoms with Gasteiger partial charge in [0, 0.05) is 25.8 Å². The molecule has 1 aromatic rings. The highest BCUT2D eigenvalue weighted by Crippen LogP contribution is 2.30. The van der Waals surface area contributed by atoms with Gasteiger partial charge in [0.1, 0.15) is 4.60 Å². The van der Waals surface area contributed by atoms with Gasteiger partial charge in [0.25, 0.3) is 0 Å². The fraction of sp³-hybridized carbons (Fsp3) is 0.667. The van der Waals surface area contributed by atoms with Crippen molar-refractivity contribution in [2.24, 2.45) is 5.92 Å². The normalized spacial score (nSPS) is 21.7. The Balaban J connectivity index is 1.38. The van der Waals surface area contributed by atoms with Gasteiger partial charge < -0.3 is 9.64 Å². The van der Waals surface area contributed by atoms with E-state index < -0.39 is 0 Å². The molecule has 1 aliphatic carbocycles. The Morgan fingerprint density at radius 1 is 1.21 bits per heavy atom. The lowest BCUT2D eigenvalue weighted by Crippen LogP contribution is -2.38. The molecule has 0 aromatic carbocycles. The first-order valence-electron chi connectivity index (χ1n) is 7.24. The third-order valence-corrected chi connectivity index (χ3v) is 4.49. The van der Waals surface area contributed by atoms with Gasteiger partial charge in [0.05, 0.1) is 12.7 Å². The number of hydrogen-bond acceptors (Lipinski definition) is 3. The number of piperidine rings is 1. The summed E-state index contributed by atoms with van der Waals surface area (Å²) in [6, 6.07) is 4.04. The van der Waals surface area contributed by atoms with Crippen LogP contribution in [0.25, 0.3) is 0 Å². The molecule has 3 rings (SSSR count). The van der Waals surface area contributed by atoms with Crippen molar-refractivity contribution in [2.75, 3.05) is 19.6 Å². The molecule has 0 radical (unpaired) electrons. The molecule has 0 spiro atoms. The van der Waals surface area contributed by atoms with Gasteiger partial charge in [-0.2, -0.15) is 0 Å². The van der Waals surface area contributed by atoms with Gasteiger partial charge in [-0.15, -0.1) is 0 Å². The molecule has 2 aliphatic rings. The Kier molecular flexibility index (Phi) is 4.51. The van der Waals surface area contributed by atoms with Crippen molar-refractivity contribution >= 4 is 15.9 Å². The minimum Gasteiger partial charge on any atom is -0.373 e. The van der Waals surface area contributed by atoms with Crippen LogP contribution in [0.4, 0.5) is 0 Å². The number of hydrogen-bond donors (Lipinski definition) is 0. The first-order valence-corrected chi connectivity index (χ1v) is 8.03. The van der Waals surface area contributed by atoms with Crippen LogP contribution in [0.3, 0.4) is 0 Å². The predicted octanol–water partition coefficient (Wildman–Crippen LogP) is 3.24. The molecule has 2 fully saturated rings. The van der Waals surface area contributed by atoms with Crippen LogP contribution < -0.4 is 0 Å². The van der Waals surface area contributed by atoms with Crippen molar-refractivity contribution in [3.8, 4) is 0 Å². The predicted molar refractivity (Wildman–Crippen MR) is 78.9 cm³/mol. The van der Waals surface area contributed by atoms with Crippen molar-refractivity contribution in [2.45, 2.75) is 38.4 Å². The standard InChI is InChI=1S/C15H21BrN2O/c16-15-4-3-13(9-17-15)11-19-14-5-7-18(8-6-14)10-12-1-2-12/h3-4,9,12,14H,1-2,5-8,10-11H2. The number of pyridine rings is 1. The van der Waals surface area contributed by atoms with Crippen LogP contribution in [0.1, 0.15) is 31.2 Å². The molecule has 0 N–H and O–H groups in total. The average molecular weight is 325 g/mol. The van der Waals surface area contributed by atoms with Crippen LogP contribution >= 0.6 is 15.9 Å². The SMILES string of the molecule is Brc1ccc(COC2CCN(CC3CC3)CC2)cn1. The van der Waals surface area contributed by atoms with Crippen molar-refractivity contribution in [1.82, 2.24) is 9.88 Å². The maximum absolute atomic E-state index is 6.00. The lowest BCUT2D eigenvalue weighted by Gasteiger charge is -2.31. The quantitative estimate of drug-likeness (QED) is 0.777. The Morgan fingerprint density at radius 2 is 2.00 bits per heavy atom. The molecule has 0 atom stereocenters. The van der Waals surface area contributed by atoms with Crippen molar-refractivity contribution in [3.05, 3.63) is 28.5 Å². The van der Waals surface area contributed by atoms with Crippen LogP contribution in [-0.2, 0) is 11.3 Å². The van der Waals surface area contributed by atoms with Crippen LogP contribution in [0.5, 0.6) is 0 Å². The zero-order valence-electron chi connectivity index (χ0n) is 11.2. The fourth-order valence-corrected chi connectivity index (χ4v) is 2.86. The maximum atomic E-state index is 6.00. The van der Waals surface area contributed by atoms with E-state index in [0.29, 0.717) is 12.7 Å². The minimum atomic E-state index is 0.430. The Hall–Kier alpha value is -0.450. The number of nitrogens with zero attached hydrogens (tertiary/aromatic N) is 2. The summed E-state index contributed by atoms with van der Waals surface area (Å²) in [5.41, 5.74) is 1.16. The molecule has 1 saturated carbocycles. The van der Waals surface area contributed by atoms with Gasteiger partial charge in [-0.3, -0.25) is 0 Å². The van der Waals surface area contributed by atoms with E-state index >= 15 is 0 Å². The monoisotopic (exact) mass is 324 g/mol. The van der Waals surface area contributed by atoms with Gasteiger partial charge in [0.2, 0.25) is 0 Å². The molecule has 4 heteroatoms. The topological polar surface area (TPSA) is 25.4 Å². The molecule has 3 nitrogen and oxygen atoms in total. The highest BCUT2D eigenvalue weighted by atomic mass is 79.9. The van der Waals surface area contributed by atoms with Crippen molar-refractivity contribution < 1.29 is 4.74 Å². The summed E-state index contributed by atoms with van der Waals surface area (Å²) in [7, 11) is 0. The number of aromatic nitrogens is 1. The number of rotatable bonds is 5. The first kappa shape index (κ1) is 13.5. The molecular formula is C15H21BrN2O. The molecule has 104 valence electrons. The van der Waals surface area contributed by atoms with Gasteiger partial charge in [0.15, 0.2) is 0 Å². The van der Waals surface area contributed by atoms with Gasteiger partial charge in [-0.25, -0.2) is 4.98 Å². The first-order chi connectivity index (χ1) is 9.29. The second-order valence-electron chi connectivity index (χ2n) is 5.74. The maximum Gasteiger partial charge on any atom is 0.106 e. The average Bonchev–Trinajstić information content (AvgIpc) is 3.24. The Morgan fingerprint density at radius 3 is 2.63 bits per heavy atom. The van der Waals surface area contributed by atoms with Crippen LogP contribution in [0.15, 0.2) is 22.9 Å². The molecule has 0 amide bonds. The summed E-state index contributed by atoms with van der Waals surface area (Å²) in [6.45, 7) is 4.43. The van der Waals surface area contributed by atoms with E-state index in [9.17, 15) is 0 Å². The van der Waals surface area contributed by atoms with Crippen LogP contribution in [-0.4, -0.2) is 35.6 Å². The molecule has 1 aromatic heterocycles. The van der Waals surface area contributed by atoms with Gasteiger partial charge in [-0.1, -0.05) is 6.07 Å². The molecular weight excluding hydrogens is 304 g/mol. The highest BCUT2D eigenvalue weighted by Gasteiger charge is 2.27. The van der Waals surface area contributed by atoms with Crippen molar-refractivity contribution in [3.63, 3.8) is 0 Å². The van der Waals surface area contributed by atoms with Gasteiger partial charge >= 0.3 is 0 Å². The molecule has 19 heavy (non-hydrogen) atoms. The van der Waals surface area contributed by atoms with E-state index in [0.717, 1.165) is 16.1 Å². The van der Waals surface area contributed by atoms with Crippen molar-refractivity contribution in [1.29, 1.82) is 0 Å². The summed E-state index contributed by atoms with van der Waals surface area (Å²) in [5, 5.41) is 0. The molecule has 1 aliphatic heterocycles. The Bertz CT molecular complexity index is 397. The Labute approximate surface area is 123 Å². The third-order valence-electron chi connectivity index (χ3n) is 4.02. The summed E-state index contributed by atoms with van der Waals surface area (Å²) in [5.74, 6) is 1.01. The minimum absolute atomic E-state index is 0.430. The van der Waals surface area contributed by atoms with E-state index in [4.69, 9.17) is 4.74 Å². The smallest absolute Gasteiger partial charge is 0.106 e. The van der Waals surface area contributed by atoms with Gasteiger partial charge in [-0.05, 0) is 59.2 Å². The zero-order valence-corrected chi connectivity index (χ0v) is 12.8. The molecule has 1 saturated heterocycles. The van der Waals surface area contributed by atoms with E-state index in [1.54, 1.807) is 0 Å². The summed E-state index contributed by atoms with van der Waals surface area (Å²) in [6.07, 6.45) is 7.57. The summed E-state index contributed by atoms with van der Waals surface area (Å²) >= 11 is 3.35. The molecule has 0 bridgehead atoms. The van der Waals surface area contributed by atoms with Crippen LogP contribution in [0.2, 0.25) is 0 Å². The number of likely N-dealkylation sites (tertiary alicyclic amines) is 1. The number of halogens is 1. The second kappa shape index (κ2) is 6.33. The van der Waals surface area contributed by atoms with E-state index in [1.165, 1.54) is 45.3 Å². The lowest BCUT2D eigenvalue weighted by atomic mass is 10.1. The summed E-state index contributed by atoms with van der Waals surface area (Å²) in [4.78, 5) is 6.83. The molecule has 0 unspecified atom stereocenters. The largest absolute Gasteiger partial charge is 0.373 e. The van der Waals surface area contributed by atoms with E-state index in [-0.39, 0.29) is 0 Å². The fourth-order valence-electron chi connectivity index (χ4n) is 2.63. The highest BCUT2D eigenvalue weighted by molar-refractivity contribution is 9.10. The van der Waals surface area contributed by atoms with E-state index in [1.807, 2.05) is 12.3 Å². The van der Waals surface area contributed by atoms with Crippen LogP contribution in [0, 0.1) is 5.92 Å². The summed E-state index contributed by atoms with van der Waals surface area (Å²) < 4.78 is 6.88. The molecule has 2 heterocycles. The lowest BCUT2D eigenvalue weighted by molar-refractivity contribution is -0.00327. The van der Waals surface area contributed by atoms with E-state index in [2.05, 4.69) is 31.9 Å². The third kappa shape index (κ3) is 4.26.